The second kappa shape index (κ2) is 85.2. The molecule has 0 saturated carbocycles. The summed E-state index contributed by atoms with van der Waals surface area (Å²) in [7, 11) is 0. The van der Waals surface area contributed by atoms with Crippen LogP contribution >= 0.6 is 0 Å². The minimum absolute atomic E-state index is 0.0401. The highest BCUT2D eigenvalue weighted by molar-refractivity contribution is 6.05. The van der Waals surface area contributed by atoms with Crippen molar-refractivity contribution in [3.8, 4) is 0 Å². The summed E-state index contributed by atoms with van der Waals surface area (Å²) >= 11 is 0. The Labute approximate surface area is 826 Å². The van der Waals surface area contributed by atoms with Crippen molar-refractivity contribution in [1.82, 2.24) is 14.7 Å². The summed E-state index contributed by atoms with van der Waals surface area (Å²) in [6.45, 7) is 12.7. The van der Waals surface area contributed by atoms with Gasteiger partial charge in [0.2, 0.25) is 0 Å². The zero-order valence-corrected chi connectivity index (χ0v) is 88.3. The molecule has 0 spiro atoms. The van der Waals surface area contributed by atoms with Crippen molar-refractivity contribution < 1.29 is 71.6 Å². The lowest BCUT2D eigenvalue weighted by Crippen LogP contribution is -2.34. The fourth-order valence-corrected chi connectivity index (χ4v) is 20.0. The number of amides is 3. The Hall–Kier alpha value is -5.55. The van der Waals surface area contributed by atoms with Crippen molar-refractivity contribution in [3.05, 3.63) is 34.9 Å². The molecular formula is C117H207N3O15. The Bertz CT molecular complexity index is 2640. The van der Waals surface area contributed by atoms with E-state index in [1.165, 1.54) is 380 Å². The third kappa shape index (κ3) is 63.1. The number of unbranched alkanes of at least 4 members (excludes halogenated alkanes) is 72. The third-order valence-corrected chi connectivity index (χ3v) is 28.8. The lowest BCUT2D eigenvalue weighted by molar-refractivity contribution is -0.164. The van der Waals surface area contributed by atoms with Crippen LogP contribution in [0.4, 0.5) is 0 Å². The number of esters is 6. The lowest BCUT2D eigenvalue weighted by atomic mass is 10.0. The zero-order valence-electron chi connectivity index (χ0n) is 88.3. The predicted octanol–water partition coefficient (Wildman–Crippen LogP) is 32.4. The van der Waals surface area contributed by atoms with Gasteiger partial charge in [0.1, 0.15) is 0 Å². The molecule has 0 aromatic heterocycles. The molecule has 4 rings (SSSR count). The molecule has 3 fully saturated rings. The molecule has 6 atom stereocenters. The molecule has 3 heterocycles. The summed E-state index contributed by atoms with van der Waals surface area (Å²) in [5.74, 6) is -4.44. The first-order valence-electron chi connectivity index (χ1n) is 58.3. The number of likely N-dealkylation sites (tertiary alicyclic amines) is 3. The van der Waals surface area contributed by atoms with Crippen LogP contribution in [-0.4, -0.2) is 144 Å². The Morgan fingerprint density at radius 3 is 0.370 bits per heavy atom. The number of carbonyl (C=O) groups is 9. The van der Waals surface area contributed by atoms with E-state index in [1.807, 2.05) is 0 Å². The first-order valence-corrected chi connectivity index (χ1v) is 58.3. The van der Waals surface area contributed by atoms with Gasteiger partial charge in [-0.25, -0.2) is 0 Å². The molecular weight excluding hydrogens is 1690 g/mol. The molecule has 18 heteroatoms. The Kier molecular flexibility index (Phi) is 76.9. The molecule has 135 heavy (non-hydrogen) atoms. The maximum Gasteiger partial charge on any atom is 0.306 e. The topological polar surface area (TPSA) is 219 Å². The summed E-state index contributed by atoms with van der Waals surface area (Å²) in [6.07, 6.45) is 85.4. The van der Waals surface area contributed by atoms with Gasteiger partial charge in [-0.1, -0.05) is 504 Å². The molecule has 3 aliphatic heterocycles. The van der Waals surface area contributed by atoms with Gasteiger partial charge < -0.3 is 43.1 Å². The van der Waals surface area contributed by atoms with Crippen LogP contribution < -0.4 is 0 Å². The van der Waals surface area contributed by atoms with E-state index in [-0.39, 0.29) is 94.5 Å². The number of hydrogen-bond donors (Lipinski definition) is 0. The molecule has 0 unspecified atom stereocenters. The van der Waals surface area contributed by atoms with Gasteiger partial charge in [-0.2, -0.15) is 0 Å². The molecule has 1 aromatic carbocycles. The molecule has 3 saturated heterocycles. The average Bonchev–Trinajstić information content (AvgIpc) is 1.68. The number of hydrogen-bond acceptors (Lipinski definition) is 15. The highest BCUT2D eigenvalue weighted by Crippen LogP contribution is 2.31. The lowest BCUT2D eigenvalue weighted by Gasteiger charge is -2.21. The van der Waals surface area contributed by atoms with Gasteiger partial charge in [0.25, 0.3) is 17.7 Å². The van der Waals surface area contributed by atoms with Crippen molar-refractivity contribution in [2.75, 3.05) is 39.3 Å². The van der Waals surface area contributed by atoms with Crippen molar-refractivity contribution in [2.45, 2.75) is 618 Å². The molecule has 780 valence electrons. The van der Waals surface area contributed by atoms with Crippen LogP contribution in [-0.2, 0) is 57.2 Å². The average molecular weight is 1900 g/mol. The number of benzene rings is 1. The highest BCUT2D eigenvalue weighted by Gasteiger charge is 2.45. The Morgan fingerprint density at radius 1 is 0.170 bits per heavy atom. The van der Waals surface area contributed by atoms with Crippen LogP contribution in [0.5, 0.6) is 0 Å². The number of nitrogens with zero attached hydrogens (tertiary/aromatic N) is 3. The van der Waals surface area contributed by atoms with Crippen molar-refractivity contribution in [3.63, 3.8) is 0 Å². The molecule has 1 aromatic rings. The van der Waals surface area contributed by atoms with E-state index in [4.69, 9.17) is 28.4 Å². The monoisotopic (exact) mass is 1890 g/mol. The second-order valence-electron chi connectivity index (χ2n) is 41.6. The standard InChI is InChI=1S/C117H207N3O15/c1-7-13-19-25-31-37-43-49-55-61-67-73-79-85-109(121)130-103-94-118(95-104(103)131-110(122)86-80-74-68-62-56-50-44-38-32-26-20-14-8-2)115(127)100-91-101(116(128)119-96-105(132-111(123)87-81-75-69-63-57-51-45-39-33-27-21-15-9-3)106(97-119)133-112(124)88-82-76-70-64-58-52-46-40-34-28-22-16-10-4)93-102(92-100)117(129)120-98-107(134-113(125)89-83-77-71-65-59-53-47-41-35-29-23-17-11-5)108(99-120)135-114(126)90-84-78-72-66-60-54-48-42-36-30-24-18-12-6/h91-93,103-108H,7-90,94-99H2,1-6H3/t103-,104-,105-,106-,107-,108-/m0/s1. The summed E-state index contributed by atoms with van der Waals surface area (Å²) in [6, 6.07) is 4.34. The molecule has 18 nitrogen and oxygen atoms in total. The van der Waals surface area contributed by atoms with E-state index in [1.54, 1.807) is 0 Å². The highest BCUT2D eigenvalue weighted by atomic mass is 16.6. The number of rotatable bonds is 93. The van der Waals surface area contributed by atoms with Crippen molar-refractivity contribution in [2.24, 2.45) is 0 Å². The largest absolute Gasteiger partial charge is 0.456 e. The minimum Gasteiger partial charge on any atom is -0.456 e. The summed E-state index contributed by atoms with van der Waals surface area (Å²) in [5, 5.41) is 0. The van der Waals surface area contributed by atoms with Gasteiger partial charge in [-0.15, -0.1) is 0 Å². The Balaban J connectivity index is 1.67. The van der Waals surface area contributed by atoms with E-state index in [0.717, 1.165) is 116 Å². The molecule has 0 aliphatic carbocycles. The summed E-state index contributed by atoms with van der Waals surface area (Å²) < 4.78 is 37.5. The summed E-state index contributed by atoms with van der Waals surface area (Å²) in [5.41, 5.74) is -0.120. The molecule has 3 aliphatic rings. The maximum atomic E-state index is 15.7. The van der Waals surface area contributed by atoms with Crippen LogP contribution in [0.3, 0.4) is 0 Å². The van der Waals surface area contributed by atoms with Crippen LogP contribution in [0, 0.1) is 0 Å². The van der Waals surface area contributed by atoms with E-state index in [0.29, 0.717) is 38.5 Å². The van der Waals surface area contributed by atoms with Gasteiger partial charge in [-0.05, 0) is 56.7 Å². The van der Waals surface area contributed by atoms with Gasteiger partial charge in [0.05, 0.1) is 39.3 Å². The van der Waals surface area contributed by atoms with E-state index >= 15 is 14.4 Å². The van der Waals surface area contributed by atoms with Gasteiger partial charge >= 0.3 is 35.8 Å². The van der Waals surface area contributed by atoms with E-state index < -0.39 is 90.2 Å². The van der Waals surface area contributed by atoms with Crippen LogP contribution in [0.1, 0.15) is 612 Å². The molecule has 0 radical (unpaired) electrons. The molecule has 0 N–H and O–H groups in total. The van der Waals surface area contributed by atoms with Crippen LogP contribution in [0.25, 0.3) is 0 Å². The fourth-order valence-electron chi connectivity index (χ4n) is 20.0. The molecule has 0 bridgehead atoms. The van der Waals surface area contributed by atoms with Crippen LogP contribution in [0.15, 0.2) is 18.2 Å². The van der Waals surface area contributed by atoms with E-state index in [2.05, 4.69) is 41.5 Å². The smallest absolute Gasteiger partial charge is 0.306 e. The maximum absolute atomic E-state index is 15.7. The summed E-state index contributed by atoms with van der Waals surface area (Å²) in [4.78, 5) is 136. The van der Waals surface area contributed by atoms with Crippen molar-refractivity contribution in [1.29, 1.82) is 0 Å². The van der Waals surface area contributed by atoms with Gasteiger partial charge in [-0.3, -0.25) is 43.2 Å². The first-order chi connectivity index (χ1) is 66.1. The SMILES string of the molecule is CCCCCCCCCCCCCCCC(=O)O[C@H]1CN(C(=O)c2cc(C(=O)N3C[C@H](OC(=O)CCCCCCCCCCCCCCC)[C@@H](OC(=O)CCCCCCCCCCCCCCC)C3)cc(C(=O)N3C[C@H](OC(=O)CCCCCCCCCCCCCCC)[C@@H](OC(=O)CCCCCCCCCCCCCCC)C3)c2)C[C@@H]1OC(=O)CCCCCCCCCCCCCCC. The first kappa shape index (κ1) is 122. The number of ether oxygens (including phenoxy) is 6. The third-order valence-electron chi connectivity index (χ3n) is 28.8. The van der Waals surface area contributed by atoms with E-state index in [9.17, 15) is 28.8 Å². The quantitative estimate of drug-likeness (QED) is 0.0336. The zero-order chi connectivity index (χ0) is 97.1. The van der Waals surface area contributed by atoms with Gasteiger partial charge in [0, 0.05) is 55.2 Å². The predicted molar refractivity (Wildman–Crippen MR) is 555 cm³/mol. The van der Waals surface area contributed by atoms with Crippen LogP contribution in [0.2, 0.25) is 0 Å². The normalized spacial score (nSPS) is 16.5. The second-order valence-corrected chi connectivity index (χ2v) is 41.6. The van der Waals surface area contributed by atoms with Gasteiger partial charge in [0.15, 0.2) is 36.6 Å². The van der Waals surface area contributed by atoms with Crippen molar-refractivity contribution >= 4 is 53.5 Å². The molecule has 3 amide bonds. The Morgan fingerprint density at radius 2 is 0.267 bits per heavy atom. The fraction of sp³-hybridized carbons (Fsp3) is 0.872. The number of carbonyl (C=O) groups excluding carboxylic acids is 9. The minimum atomic E-state index is -0.999.